The van der Waals surface area contributed by atoms with Crippen LogP contribution in [-0.4, -0.2) is 33.6 Å². The highest BCUT2D eigenvalue weighted by atomic mass is 32.2. The van der Waals surface area contributed by atoms with Gasteiger partial charge in [-0.1, -0.05) is 26.7 Å². The molecule has 1 aromatic heterocycles. The van der Waals surface area contributed by atoms with Crippen LogP contribution in [0.4, 0.5) is 0 Å². The van der Waals surface area contributed by atoms with Crippen LogP contribution in [0.2, 0.25) is 0 Å². The molecular formula is C17H25N3OS. The van der Waals surface area contributed by atoms with Crippen molar-refractivity contribution in [1.82, 2.24) is 9.47 Å². The van der Waals surface area contributed by atoms with Crippen LogP contribution in [0.3, 0.4) is 0 Å². The standard InChI is InChI=1S/C17H25N3OS/c1-4-6-10-18-17-20(12-7-5-2)16(21)15(22-17)13-14-9-8-11-19(14)3/h8-9,11,13H,4-7,10,12H2,1-3H3/b15-13+,18-17?. The van der Waals surface area contributed by atoms with Crippen LogP contribution in [0.15, 0.2) is 28.2 Å². The predicted octanol–water partition coefficient (Wildman–Crippen LogP) is 3.90. The summed E-state index contributed by atoms with van der Waals surface area (Å²) in [5.74, 6) is 0.0925. The van der Waals surface area contributed by atoms with Crippen LogP contribution >= 0.6 is 11.8 Å². The maximum atomic E-state index is 12.6. The number of hydrogen-bond acceptors (Lipinski definition) is 3. The Bertz CT molecular complexity index is 574. The molecule has 2 rings (SSSR count). The first-order valence-corrected chi connectivity index (χ1v) is 8.86. The van der Waals surface area contributed by atoms with Crippen LogP contribution in [0.1, 0.15) is 45.2 Å². The fourth-order valence-corrected chi connectivity index (χ4v) is 3.24. The number of unbranched alkanes of at least 4 members (excludes halogenated alkanes) is 2. The molecule has 0 saturated carbocycles. The van der Waals surface area contributed by atoms with E-state index in [1.54, 1.807) is 0 Å². The van der Waals surface area contributed by atoms with Crippen molar-refractivity contribution in [3.63, 3.8) is 0 Å². The minimum atomic E-state index is 0.0925. The van der Waals surface area contributed by atoms with E-state index in [4.69, 9.17) is 0 Å². The van der Waals surface area contributed by atoms with Crippen molar-refractivity contribution < 1.29 is 4.79 Å². The van der Waals surface area contributed by atoms with E-state index in [0.717, 1.165) is 54.5 Å². The van der Waals surface area contributed by atoms with Crippen molar-refractivity contribution in [1.29, 1.82) is 0 Å². The summed E-state index contributed by atoms with van der Waals surface area (Å²) in [5.41, 5.74) is 1.04. The van der Waals surface area contributed by atoms with Crippen LogP contribution in [0.5, 0.6) is 0 Å². The number of amidine groups is 1. The zero-order valence-electron chi connectivity index (χ0n) is 13.7. The molecule has 0 aromatic carbocycles. The number of aryl methyl sites for hydroxylation is 1. The number of hydrogen-bond donors (Lipinski definition) is 0. The summed E-state index contributed by atoms with van der Waals surface area (Å²) in [7, 11) is 1.99. The highest BCUT2D eigenvalue weighted by Crippen LogP contribution is 2.32. The summed E-state index contributed by atoms with van der Waals surface area (Å²) >= 11 is 1.51. The van der Waals surface area contributed by atoms with Gasteiger partial charge >= 0.3 is 0 Å². The van der Waals surface area contributed by atoms with Gasteiger partial charge in [0.05, 0.1) is 4.91 Å². The van der Waals surface area contributed by atoms with Crippen molar-refractivity contribution in [3.8, 4) is 0 Å². The zero-order valence-corrected chi connectivity index (χ0v) is 14.5. The van der Waals surface area contributed by atoms with E-state index in [2.05, 4.69) is 18.8 Å². The van der Waals surface area contributed by atoms with Gasteiger partial charge < -0.3 is 4.57 Å². The van der Waals surface area contributed by atoms with Crippen LogP contribution in [-0.2, 0) is 11.8 Å². The second-order valence-corrected chi connectivity index (χ2v) is 6.49. The van der Waals surface area contributed by atoms with Gasteiger partial charge in [0.25, 0.3) is 5.91 Å². The summed E-state index contributed by atoms with van der Waals surface area (Å²) in [6, 6.07) is 4.00. The van der Waals surface area contributed by atoms with Gasteiger partial charge in [0.2, 0.25) is 0 Å². The molecule has 0 aliphatic carbocycles. The smallest absolute Gasteiger partial charge is 0.266 e. The third kappa shape index (κ3) is 4.03. The van der Waals surface area contributed by atoms with Gasteiger partial charge in [-0.05, 0) is 42.8 Å². The summed E-state index contributed by atoms with van der Waals surface area (Å²) in [6.45, 7) is 5.86. The van der Waals surface area contributed by atoms with Crippen molar-refractivity contribution in [3.05, 3.63) is 28.9 Å². The number of aromatic nitrogens is 1. The molecule has 0 atom stereocenters. The van der Waals surface area contributed by atoms with Gasteiger partial charge in [0, 0.05) is 32.0 Å². The molecular weight excluding hydrogens is 294 g/mol. The largest absolute Gasteiger partial charge is 0.351 e. The lowest BCUT2D eigenvalue weighted by Gasteiger charge is -2.14. The molecule has 1 aromatic rings. The molecule has 1 fully saturated rings. The number of carbonyl (C=O) groups excluding carboxylic acids is 1. The lowest BCUT2D eigenvalue weighted by molar-refractivity contribution is -0.122. The molecule has 1 saturated heterocycles. The first-order chi connectivity index (χ1) is 10.7. The molecule has 1 aliphatic heterocycles. The molecule has 120 valence electrons. The van der Waals surface area contributed by atoms with Crippen molar-refractivity contribution in [2.24, 2.45) is 12.0 Å². The number of rotatable bonds is 7. The monoisotopic (exact) mass is 319 g/mol. The van der Waals surface area contributed by atoms with E-state index in [1.807, 2.05) is 40.9 Å². The second-order valence-electron chi connectivity index (χ2n) is 5.48. The van der Waals surface area contributed by atoms with Crippen molar-refractivity contribution in [2.45, 2.75) is 39.5 Å². The SMILES string of the molecule is CCCCN=C1S/C(=C/c2cccn2C)C(=O)N1CCCC. The predicted molar refractivity (Wildman–Crippen MR) is 94.8 cm³/mol. The van der Waals surface area contributed by atoms with E-state index in [9.17, 15) is 4.79 Å². The fourth-order valence-electron chi connectivity index (χ4n) is 2.23. The van der Waals surface area contributed by atoms with Gasteiger partial charge in [-0.25, -0.2) is 0 Å². The summed E-state index contributed by atoms with van der Waals surface area (Å²) < 4.78 is 2.02. The number of amides is 1. The Kier molecular flexibility index (Phi) is 6.31. The van der Waals surface area contributed by atoms with Crippen molar-refractivity contribution >= 4 is 28.9 Å². The van der Waals surface area contributed by atoms with Gasteiger partial charge in [-0.2, -0.15) is 0 Å². The Morgan fingerprint density at radius 3 is 2.68 bits per heavy atom. The van der Waals surface area contributed by atoms with E-state index >= 15 is 0 Å². The molecule has 5 heteroatoms. The van der Waals surface area contributed by atoms with E-state index in [-0.39, 0.29) is 5.91 Å². The molecule has 0 spiro atoms. The Labute approximate surface area is 137 Å². The van der Waals surface area contributed by atoms with E-state index in [1.165, 1.54) is 11.8 Å². The summed E-state index contributed by atoms with van der Waals surface area (Å²) in [6.07, 6.45) is 8.23. The Balaban J connectivity index is 2.20. The van der Waals surface area contributed by atoms with Gasteiger partial charge in [0.1, 0.15) is 0 Å². The van der Waals surface area contributed by atoms with Crippen LogP contribution < -0.4 is 0 Å². The lowest BCUT2D eigenvalue weighted by Crippen LogP contribution is -2.30. The van der Waals surface area contributed by atoms with Crippen molar-refractivity contribution in [2.75, 3.05) is 13.1 Å². The molecule has 0 unspecified atom stereocenters. The Morgan fingerprint density at radius 2 is 2.05 bits per heavy atom. The maximum absolute atomic E-state index is 12.6. The average Bonchev–Trinajstić information content (AvgIpc) is 3.03. The highest BCUT2D eigenvalue weighted by Gasteiger charge is 2.32. The van der Waals surface area contributed by atoms with E-state index in [0.29, 0.717) is 0 Å². The highest BCUT2D eigenvalue weighted by molar-refractivity contribution is 8.18. The first kappa shape index (κ1) is 16.9. The molecule has 0 bridgehead atoms. The minimum Gasteiger partial charge on any atom is -0.351 e. The third-order valence-electron chi connectivity index (χ3n) is 3.64. The molecule has 0 N–H and O–H groups in total. The van der Waals surface area contributed by atoms with Gasteiger partial charge in [-0.15, -0.1) is 0 Å². The zero-order chi connectivity index (χ0) is 15.9. The normalized spacial score (nSPS) is 18.9. The minimum absolute atomic E-state index is 0.0925. The molecule has 0 radical (unpaired) electrons. The van der Waals surface area contributed by atoms with Gasteiger partial charge in [0.15, 0.2) is 5.17 Å². The second kappa shape index (κ2) is 8.22. The average molecular weight is 319 g/mol. The summed E-state index contributed by atoms with van der Waals surface area (Å²) in [5, 5.41) is 0.868. The van der Waals surface area contributed by atoms with Crippen LogP contribution in [0.25, 0.3) is 6.08 Å². The van der Waals surface area contributed by atoms with Crippen LogP contribution in [0, 0.1) is 0 Å². The van der Waals surface area contributed by atoms with E-state index < -0.39 is 0 Å². The Morgan fingerprint density at radius 1 is 1.27 bits per heavy atom. The number of aliphatic imine (C=N–C) groups is 1. The van der Waals surface area contributed by atoms with Gasteiger partial charge in [-0.3, -0.25) is 14.7 Å². The molecule has 22 heavy (non-hydrogen) atoms. The quantitative estimate of drug-likeness (QED) is 0.565. The fraction of sp³-hybridized carbons (Fsp3) is 0.529. The molecule has 1 aliphatic rings. The topological polar surface area (TPSA) is 37.6 Å². The summed E-state index contributed by atoms with van der Waals surface area (Å²) in [4.78, 5) is 19.9. The third-order valence-corrected chi connectivity index (χ3v) is 4.69. The first-order valence-electron chi connectivity index (χ1n) is 8.04. The lowest BCUT2D eigenvalue weighted by atomic mass is 10.3. The number of carbonyl (C=O) groups is 1. The number of nitrogens with zero attached hydrogens (tertiary/aromatic N) is 3. The Hall–Kier alpha value is -1.49. The maximum Gasteiger partial charge on any atom is 0.266 e. The molecule has 4 nitrogen and oxygen atoms in total. The molecule has 1 amide bonds. The molecule has 2 heterocycles. The number of thioether (sulfide) groups is 1.